The molecule has 3 atom stereocenters. The van der Waals surface area contributed by atoms with Gasteiger partial charge in [-0.2, -0.15) is 0 Å². The van der Waals surface area contributed by atoms with Crippen molar-refractivity contribution in [1.82, 2.24) is 0 Å². The number of nitrogens with two attached hydrogens (primary N) is 1. The first-order valence-corrected chi connectivity index (χ1v) is 4.66. The molecule has 1 fully saturated rings. The first kappa shape index (κ1) is 9.01. The summed E-state index contributed by atoms with van der Waals surface area (Å²) in [6.45, 7) is 5.23. The molecule has 0 spiro atoms. The Balaban J connectivity index is 2.42. The van der Waals surface area contributed by atoms with Crippen LogP contribution in [0.15, 0.2) is 0 Å². The van der Waals surface area contributed by atoms with Crippen LogP contribution in [0.1, 0.15) is 33.1 Å². The van der Waals surface area contributed by atoms with Crippen LogP contribution in [0.2, 0.25) is 0 Å². The molecule has 0 aromatic rings. The van der Waals surface area contributed by atoms with Gasteiger partial charge in [-0.25, -0.2) is 0 Å². The topological polar surface area (TPSA) is 35.2 Å². The van der Waals surface area contributed by atoms with Gasteiger partial charge in [0, 0.05) is 18.6 Å². The summed E-state index contributed by atoms with van der Waals surface area (Å²) in [5.41, 5.74) is 5.96. The summed E-state index contributed by atoms with van der Waals surface area (Å²) in [5, 5.41) is 0. The Morgan fingerprint density at radius 2 is 2.27 bits per heavy atom. The Labute approximate surface area is 69.1 Å². The summed E-state index contributed by atoms with van der Waals surface area (Å²) >= 11 is 0. The third kappa shape index (κ3) is 1.94. The van der Waals surface area contributed by atoms with E-state index in [0.29, 0.717) is 18.1 Å². The van der Waals surface area contributed by atoms with Gasteiger partial charge in [0.15, 0.2) is 0 Å². The van der Waals surface area contributed by atoms with E-state index in [0.717, 1.165) is 25.9 Å². The highest BCUT2D eigenvalue weighted by Crippen LogP contribution is 2.26. The molecule has 1 aliphatic rings. The lowest BCUT2D eigenvalue weighted by Gasteiger charge is -2.22. The molecule has 2 nitrogen and oxygen atoms in total. The Bertz CT molecular complexity index is 116. The third-order valence-corrected chi connectivity index (χ3v) is 2.68. The van der Waals surface area contributed by atoms with E-state index < -0.39 is 0 Å². The maximum atomic E-state index is 5.96. The van der Waals surface area contributed by atoms with Crippen LogP contribution >= 0.6 is 0 Å². The van der Waals surface area contributed by atoms with Crippen LogP contribution in [0, 0.1) is 5.92 Å². The van der Waals surface area contributed by atoms with Gasteiger partial charge in [0.2, 0.25) is 0 Å². The zero-order chi connectivity index (χ0) is 8.27. The fourth-order valence-corrected chi connectivity index (χ4v) is 1.88. The molecule has 1 rings (SSSR count). The molecule has 3 unspecified atom stereocenters. The third-order valence-electron chi connectivity index (χ3n) is 2.68. The molecule has 0 saturated carbocycles. The van der Waals surface area contributed by atoms with Crippen molar-refractivity contribution < 1.29 is 4.74 Å². The summed E-state index contributed by atoms with van der Waals surface area (Å²) in [4.78, 5) is 0. The van der Waals surface area contributed by atoms with Crippen LogP contribution in [0.25, 0.3) is 0 Å². The molecule has 2 heteroatoms. The minimum absolute atomic E-state index is 0.349. The average Bonchev–Trinajstić information content (AvgIpc) is 2.50. The smallest absolute Gasteiger partial charge is 0.0616 e. The van der Waals surface area contributed by atoms with Crippen molar-refractivity contribution in [2.24, 2.45) is 11.7 Å². The maximum absolute atomic E-state index is 5.96. The van der Waals surface area contributed by atoms with Crippen molar-refractivity contribution in [3.63, 3.8) is 0 Å². The molecular weight excluding hydrogens is 138 g/mol. The fraction of sp³-hybridized carbons (Fsp3) is 1.00. The number of ether oxygens (including phenoxy) is 1. The lowest BCUT2D eigenvalue weighted by molar-refractivity contribution is 0.0810. The standard InChI is InChI=1S/C9H19NO/c1-3-8(10)7-5-6-11-9(7)4-2/h7-9H,3-6,10H2,1-2H3. The predicted octanol–water partition coefficient (Wildman–Crippen LogP) is 1.54. The zero-order valence-corrected chi connectivity index (χ0v) is 7.55. The molecule has 0 aromatic carbocycles. The Hall–Kier alpha value is -0.0800. The van der Waals surface area contributed by atoms with Gasteiger partial charge in [-0.15, -0.1) is 0 Å². The molecular formula is C9H19NO. The van der Waals surface area contributed by atoms with Crippen LogP contribution in [0.4, 0.5) is 0 Å². The highest BCUT2D eigenvalue weighted by atomic mass is 16.5. The quantitative estimate of drug-likeness (QED) is 0.674. The molecule has 0 amide bonds. The van der Waals surface area contributed by atoms with Gasteiger partial charge in [-0.1, -0.05) is 13.8 Å². The van der Waals surface area contributed by atoms with E-state index in [2.05, 4.69) is 13.8 Å². The largest absolute Gasteiger partial charge is 0.378 e. The van der Waals surface area contributed by atoms with Crippen molar-refractivity contribution in [2.75, 3.05) is 6.61 Å². The monoisotopic (exact) mass is 157 g/mol. The predicted molar refractivity (Wildman–Crippen MR) is 46.4 cm³/mol. The maximum Gasteiger partial charge on any atom is 0.0616 e. The van der Waals surface area contributed by atoms with Gasteiger partial charge in [-0.3, -0.25) is 0 Å². The van der Waals surface area contributed by atoms with Crippen molar-refractivity contribution in [3.05, 3.63) is 0 Å². The fourth-order valence-electron chi connectivity index (χ4n) is 1.88. The van der Waals surface area contributed by atoms with E-state index in [-0.39, 0.29) is 0 Å². The van der Waals surface area contributed by atoms with Crippen LogP contribution < -0.4 is 5.73 Å². The van der Waals surface area contributed by atoms with E-state index in [4.69, 9.17) is 10.5 Å². The molecule has 11 heavy (non-hydrogen) atoms. The molecule has 2 N–H and O–H groups in total. The van der Waals surface area contributed by atoms with E-state index in [1.165, 1.54) is 0 Å². The number of rotatable bonds is 3. The molecule has 1 heterocycles. The number of hydrogen-bond donors (Lipinski definition) is 1. The summed E-state index contributed by atoms with van der Waals surface area (Å²) in [6, 6.07) is 0.349. The second-order valence-corrected chi connectivity index (χ2v) is 3.34. The molecule has 0 bridgehead atoms. The second-order valence-electron chi connectivity index (χ2n) is 3.34. The molecule has 0 aromatic heterocycles. The minimum atomic E-state index is 0.349. The average molecular weight is 157 g/mol. The van der Waals surface area contributed by atoms with E-state index in [1.54, 1.807) is 0 Å². The van der Waals surface area contributed by atoms with Crippen molar-refractivity contribution in [1.29, 1.82) is 0 Å². The second kappa shape index (κ2) is 4.07. The first-order chi connectivity index (χ1) is 5.29. The van der Waals surface area contributed by atoms with Gasteiger partial charge < -0.3 is 10.5 Å². The van der Waals surface area contributed by atoms with Gasteiger partial charge in [0.1, 0.15) is 0 Å². The Morgan fingerprint density at radius 3 is 2.82 bits per heavy atom. The van der Waals surface area contributed by atoms with Crippen LogP contribution in [-0.2, 0) is 4.74 Å². The number of hydrogen-bond acceptors (Lipinski definition) is 2. The van der Waals surface area contributed by atoms with E-state index >= 15 is 0 Å². The van der Waals surface area contributed by atoms with E-state index in [1.807, 2.05) is 0 Å². The first-order valence-electron chi connectivity index (χ1n) is 4.66. The normalized spacial score (nSPS) is 34.1. The lowest BCUT2D eigenvalue weighted by Crippen LogP contribution is -2.34. The van der Waals surface area contributed by atoms with Crippen molar-refractivity contribution >= 4 is 0 Å². The summed E-state index contributed by atoms with van der Waals surface area (Å²) in [5.74, 6) is 0.616. The Morgan fingerprint density at radius 1 is 1.55 bits per heavy atom. The molecule has 1 saturated heterocycles. The summed E-state index contributed by atoms with van der Waals surface area (Å²) in [7, 11) is 0. The van der Waals surface area contributed by atoms with Crippen molar-refractivity contribution in [3.8, 4) is 0 Å². The molecule has 1 aliphatic heterocycles. The zero-order valence-electron chi connectivity index (χ0n) is 7.55. The van der Waals surface area contributed by atoms with Crippen LogP contribution in [0.5, 0.6) is 0 Å². The van der Waals surface area contributed by atoms with Gasteiger partial charge in [-0.05, 0) is 19.3 Å². The highest BCUT2D eigenvalue weighted by molar-refractivity contribution is 4.82. The lowest BCUT2D eigenvalue weighted by atomic mass is 9.90. The van der Waals surface area contributed by atoms with E-state index in [9.17, 15) is 0 Å². The highest BCUT2D eigenvalue weighted by Gasteiger charge is 2.30. The minimum Gasteiger partial charge on any atom is -0.378 e. The molecule has 0 radical (unpaired) electrons. The van der Waals surface area contributed by atoms with Crippen molar-refractivity contribution in [2.45, 2.75) is 45.3 Å². The summed E-state index contributed by atoms with van der Waals surface area (Å²) < 4.78 is 5.56. The van der Waals surface area contributed by atoms with Crippen LogP contribution in [0.3, 0.4) is 0 Å². The van der Waals surface area contributed by atoms with Crippen LogP contribution in [-0.4, -0.2) is 18.8 Å². The van der Waals surface area contributed by atoms with Gasteiger partial charge in [0.25, 0.3) is 0 Å². The van der Waals surface area contributed by atoms with Gasteiger partial charge in [0.05, 0.1) is 6.10 Å². The molecule has 66 valence electrons. The van der Waals surface area contributed by atoms with Gasteiger partial charge >= 0.3 is 0 Å². The summed E-state index contributed by atoms with van der Waals surface area (Å²) in [6.07, 6.45) is 3.78. The SMILES string of the molecule is CCC(N)C1CCOC1CC. The Kier molecular flexibility index (Phi) is 3.34. The molecule has 0 aliphatic carbocycles.